The fourth-order valence-corrected chi connectivity index (χ4v) is 3.35. The molecule has 2 atom stereocenters. The summed E-state index contributed by atoms with van der Waals surface area (Å²) in [7, 11) is 3.33. The highest BCUT2D eigenvalue weighted by Gasteiger charge is 2.35. The molecule has 0 fully saturated rings. The minimum absolute atomic E-state index is 0.0384. The third-order valence-corrected chi connectivity index (χ3v) is 4.93. The Morgan fingerprint density at radius 2 is 1.80 bits per heavy atom. The Hall–Kier alpha value is -3.33. The molecule has 2 aromatic carbocycles. The van der Waals surface area contributed by atoms with Crippen LogP contribution >= 0.6 is 0 Å². The predicted octanol–water partition coefficient (Wildman–Crippen LogP) is 1.80. The van der Waals surface area contributed by atoms with E-state index in [1.54, 1.807) is 43.3 Å². The first-order chi connectivity index (χ1) is 14.3. The molecule has 9 heteroatoms. The Morgan fingerprint density at radius 3 is 2.37 bits per heavy atom. The number of benzene rings is 2. The van der Waals surface area contributed by atoms with Crippen molar-refractivity contribution in [2.75, 3.05) is 25.6 Å². The molecule has 0 saturated heterocycles. The molecule has 158 valence electrons. The van der Waals surface area contributed by atoms with E-state index in [0.29, 0.717) is 5.69 Å². The standard InChI is InChI=1S/C21H23F2N5O2/c1-27(2)18(19-14(22)9-6-10-15(19)23)12-25-21(30)16-11-17(20(24)29)28(26-16)13-7-4-3-5-8-13/h3-10,17-18H,11-12H2,1-2H3,(H2,24,29)(H,25,30). The summed E-state index contributed by atoms with van der Waals surface area (Å²) in [5.74, 6) is -2.51. The van der Waals surface area contributed by atoms with Crippen LogP contribution in [0.1, 0.15) is 18.0 Å². The molecule has 2 aromatic rings. The molecule has 1 aliphatic heterocycles. The highest BCUT2D eigenvalue weighted by atomic mass is 19.1. The van der Waals surface area contributed by atoms with E-state index in [0.717, 1.165) is 0 Å². The lowest BCUT2D eigenvalue weighted by Gasteiger charge is -2.25. The number of halogens is 2. The Kier molecular flexibility index (Phi) is 6.41. The zero-order chi connectivity index (χ0) is 21.8. The van der Waals surface area contributed by atoms with Crippen molar-refractivity contribution in [2.45, 2.75) is 18.5 Å². The van der Waals surface area contributed by atoms with Crippen molar-refractivity contribution in [3.05, 3.63) is 65.7 Å². The molecule has 3 N–H and O–H groups in total. The van der Waals surface area contributed by atoms with Crippen molar-refractivity contribution in [2.24, 2.45) is 10.8 Å². The third kappa shape index (κ3) is 4.46. The van der Waals surface area contributed by atoms with Crippen LogP contribution < -0.4 is 16.1 Å². The van der Waals surface area contributed by atoms with Gasteiger partial charge in [-0.3, -0.25) is 14.6 Å². The minimum atomic E-state index is -0.790. The first-order valence-corrected chi connectivity index (χ1v) is 9.39. The van der Waals surface area contributed by atoms with Gasteiger partial charge in [0.05, 0.1) is 11.7 Å². The number of carbonyl (C=O) groups excluding carboxylic acids is 2. The minimum Gasteiger partial charge on any atom is -0.368 e. The number of hydrogen-bond donors (Lipinski definition) is 2. The van der Waals surface area contributed by atoms with E-state index in [1.807, 2.05) is 6.07 Å². The lowest BCUT2D eigenvalue weighted by Crippen LogP contribution is -2.41. The molecule has 0 aromatic heterocycles. The van der Waals surface area contributed by atoms with Gasteiger partial charge in [-0.1, -0.05) is 24.3 Å². The second kappa shape index (κ2) is 9.00. The van der Waals surface area contributed by atoms with Crippen LogP contribution in [0.4, 0.5) is 14.5 Å². The number of likely N-dealkylation sites (N-methyl/N-ethyl adjacent to an activating group) is 1. The molecule has 30 heavy (non-hydrogen) atoms. The summed E-state index contributed by atoms with van der Waals surface area (Å²) in [5.41, 5.74) is 6.10. The maximum atomic E-state index is 14.2. The summed E-state index contributed by atoms with van der Waals surface area (Å²) in [6.45, 7) is -0.0463. The van der Waals surface area contributed by atoms with Crippen LogP contribution in [0.15, 0.2) is 53.6 Å². The van der Waals surface area contributed by atoms with E-state index in [-0.39, 0.29) is 24.2 Å². The van der Waals surface area contributed by atoms with Crippen LogP contribution in [0.2, 0.25) is 0 Å². The van der Waals surface area contributed by atoms with Crippen LogP contribution in [0, 0.1) is 11.6 Å². The van der Waals surface area contributed by atoms with Crippen LogP contribution in [-0.2, 0) is 9.59 Å². The number of nitrogens with one attached hydrogen (secondary N) is 1. The van der Waals surface area contributed by atoms with E-state index in [2.05, 4.69) is 10.4 Å². The number of nitrogens with zero attached hydrogens (tertiary/aromatic N) is 3. The molecular formula is C21H23F2N5O2. The highest BCUT2D eigenvalue weighted by molar-refractivity contribution is 6.40. The zero-order valence-electron chi connectivity index (χ0n) is 16.7. The second-order valence-corrected chi connectivity index (χ2v) is 7.17. The largest absolute Gasteiger partial charge is 0.368 e. The number of hydrazone groups is 1. The van der Waals surface area contributed by atoms with Crippen molar-refractivity contribution in [1.82, 2.24) is 10.2 Å². The van der Waals surface area contributed by atoms with Gasteiger partial charge >= 0.3 is 0 Å². The molecule has 0 bridgehead atoms. The number of hydrogen-bond acceptors (Lipinski definition) is 5. The van der Waals surface area contributed by atoms with Crippen LogP contribution in [0.25, 0.3) is 0 Å². The Bertz CT molecular complexity index is 945. The molecule has 0 aliphatic carbocycles. The van der Waals surface area contributed by atoms with Crippen LogP contribution in [0.5, 0.6) is 0 Å². The fourth-order valence-electron chi connectivity index (χ4n) is 3.35. The van der Waals surface area contributed by atoms with Crippen molar-refractivity contribution in [3.63, 3.8) is 0 Å². The van der Waals surface area contributed by atoms with E-state index in [4.69, 9.17) is 5.73 Å². The topological polar surface area (TPSA) is 91.0 Å². The van der Waals surface area contributed by atoms with Crippen LogP contribution in [0.3, 0.4) is 0 Å². The predicted molar refractivity (Wildman–Crippen MR) is 110 cm³/mol. The van der Waals surface area contributed by atoms with Gasteiger partial charge in [0.2, 0.25) is 5.91 Å². The molecule has 2 amide bonds. The van der Waals surface area contributed by atoms with Crippen LogP contribution in [-0.4, -0.2) is 49.1 Å². The van der Waals surface area contributed by atoms with E-state index in [9.17, 15) is 18.4 Å². The number of primary amides is 1. The van der Waals surface area contributed by atoms with E-state index >= 15 is 0 Å². The maximum absolute atomic E-state index is 14.2. The quantitative estimate of drug-likeness (QED) is 0.722. The van der Waals surface area contributed by atoms with E-state index in [1.165, 1.54) is 23.2 Å². The van der Waals surface area contributed by atoms with Gasteiger partial charge in [-0.2, -0.15) is 5.10 Å². The Morgan fingerprint density at radius 1 is 1.17 bits per heavy atom. The molecular weight excluding hydrogens is 392 g/mol. The average Bonchev–Trinajstić information content (AvgIpc) is 3.16. The van der Waals surface area contributed by atoms with Gasteiger partial charge in [0.15, 0.2) is 0 Å². The maximum Gasteiger partial charge on any atom is 0.267 e. The fraction of sp³-hybridized carbons (Fsp3) is 0.286. The van der Waals surface area contributed by atoms with Gasteiger partial charge < -0.3 is 16.0 Å². The van der Waals surface area contributed by atoms with Crippen molar-refractivity contribution in [3.8, 4) is 0 Å². The smallest absolute Gasteiger partial charge is 0.267 e. The second-order valence-electron chi connectivity index (χ2n) is 7.17. The number of carbonyl (C=O) groups is 2. The zero-order valence-corrected chi connectivity index (χ0v) is 16.7. The lowest BCUT2D eigenvalue weighted by molar-refractivity contribution is -0.119. The number of rotatable bonds is 7. The summed E-state index contributed by atoms with van der Waals surface area (Å²) in [6, 6.07) is 11.0. The SMILES string of the molecule is CN(C)C(CNC(=O)C1=NN(c2ccccc2)C(C(N)=O)C1)c1c(F)cccc1F. The van der Waals surface area contributed by atoms with Gasteiger partial charge in [-0.05, 0) is 38.4 Å². The van der Waals surface area contributed by atoms with E-state index < -0.39 is 35.5 Å². The van der Waals surface area contributed by atoms with Gasteiger partial charge in [0, 0.05) is 18.5 Å². The normalized spacial score (nSPS) is 17.0. The molecule has 7 nitrogen and oxygen atoms in total. The summed E-state index contributed by atoms with van der Waals surface area (Å²) >= 11 is 0. The highest BCUT2D eigenvalue weighted by Crippen LogP contribution is 2.26. The average molecular weight is 415 g/mol. The molecule has 0 saturated carbocycles. The van der Waals surface area contributed by atoms with Crippen molar-refractivity contribution in [1.29, 1.82) is 0 Å². The molecule has 2 unspecified atom stereocenters. The molecule has 1 aliphatic rings. The number of nitrogens with two attached hydrogens (primary N) is 1. The van der Waals surface area contributed by atoms with Gasteiger partial charge in [-0.25, -0.2) is 8.78 Å². The van der Waals surface area contributed by atoms with Gasteiger partial charge in [0.1, 0.15) is 23.4 Å². The summed E-state index contributed by atoms with van der Waals surface area (Å²) < 4.78 is 28.4. The van der Waals surface area contributed by atoms with Crippen molar-refractivity contribution < 1.29 is 18.4 Å². The van der Waals surface area contributed by atoms with Gasteiger partial charge in [-0.15, -0.1) is 0 Å². The lowest BCUT2D eigenvalue weighted by atomic mass is 10.0. The number of anilines is 1. The number of amides is 2. The summed E-state index contributed by atoms with van der Waals surface area (Å²) in [5, 5.41) is 8.35. The third-order valence-electron chi connectivity index (χ3n) is 4.93. The molecule has 1 heterocycles. The molecule has 0 radical (unpaired) electrons. The Labute approximate surface area is 173 Å². The monoisotopic (exact) mass is 415 g/mol. The molecule has 3 rings (SSSR count). The molecule has 0 spiro atoms. The first kappa shape index (κ1) is 21.4. The number of para-hydroxylation sites is 1. The van der Waals surface area contributed by atoms with Crippen molar-refractivity contribution >= 4 is 23.2 Å². The summed E-state index contributed by atoms with van der Waals surface area (Å²) in [4.78, 5) is 26.2. The summed E-state index contributed by atoms with van der Waals surface area (Å²) in [6.07, 6.45) is 0.0384. The first-order valence-electron chi connectivity index (χ1n) is 9.39. The van der Waals surface area contributed by atoms with Gasteiger partial charge in [0.25, 0.3) is 5.91 Å². The Balaban J connectivity index is 1.77.